The quantitative estimate of drug-likeness (QED) is 0.516. The van der Waals surface area contributed by atoms with Gasteiger partial charge in [0.25, 0.3) is 0 Å². The van der Waals surface area contributed by atoms with Gasteiger partial charge in [-0.2, -0.15) is 8.78 Å². The van der Waals surface area contributed by atoms with E-state index in [0.29, 0.717) is 29.5 Å². The van der Waals surface area contributed by atoms with E-state index in [2.05, 4.69) is 20.4 Å². The highest BCUT2D eigenvalue weighted by Gasteiger charge is 2.12. The maximum absolute atomic E-state index is 14.1. The molecule has 0 bridgehead atoms. The second-order valence-corrected chi connectivity index (χ2v) is 6.31. The van der Waals surface area contributed by atoms with Gasteiger partial charge in [0.15, 0.2) is 5.96 Å². The van der Waals surface area contributed by atoms with E-state index in [1.165, 1.54) is 19.2 Å². The van der Waals surface area contributed by atoms with Crippen molar-refractivity contribution in [1.29, 1.82) is 0 Å². The van der Waals surface area contributed by atoms with E-state index < -0.39 is 6.61 Å². The minimum atomic E-state index is -2.93. The number of halogens is 3. The van der Waals surface area contributed by atoms with Gasteiger partial charge in [-0.05, 0) is 35.9 Å². The zero-order chi connectivity index (χ0) is 21.4. The van der Waals surface area contributed by atoms with Crippen molar-refractivity contribution in [3.63, 3.8) is 0 Å². The number of hydrogen-bond acceptors (Lipinski definition) is 4. The SMILES string of the molecule is CN=C(NCc1ccc(N(C)C)c(F)c1)NCc1cc(OC)ccc1OC(F)F. The lowest BCUT2D eigenvalue weighted by atomic mass is 10.2. The molecule has 0 unspecified atom stereocenters. The van der Waals surface area contributed by atoms with Gasteiger partial charge in [0.1, 0.15) is 17.3 Å². The topological polar surface area (TPSA) is 58.1 Å². The van der Waals surface area contributed by atoms with E-state index in [4.69, 9.17) is 4.74 Å². The molecule has 0 heterocycles. The summed E-state index contributed by atoms with van der Waals surface area (Å²) >= 11 is 0. The zero-order valence-corrected chi connectivity index (χ0v) is 16.8. The van der Waals surface area contributed by atoms with Crippen molar-refractivity contribution in [2.24, 2.45) is 4.99 Å². The van der Waals surface area contributed by atoms with Gasteiger partial charge in [0.2, 0.25) is 0 Å². The molecule has 6 nitrogen and oxygen atoms in total. The van der Waals surface area contributed by atoms with Crippen molar-refractivity contribution >= 4 is 11.6 Å². The van der Waals surface area contributed by atoms with Crippen molar-refractivity contribution in [2.75, 3.05) is 33.2 Å². The molecular weight excluding hydrogens is 385 g/mol. The molecule has 2 aromatic rings. The molecule has 0 fully saturated rings. The predicted octanol–water partition coefficient (Wildman–Crippen LogP) is 3.37. The molecule has 2 N–H and O–H groups in total. The summed E-state index contributed by atoms with van der Waals surface area (Å²) < 4.78 is 49.0. The fourth-order valence-electron chi connectivity index (χ4n) is 2.64. The lowest BCUT2D eigenvalue weighted by molar-refractivity contribution is -0.0505. The average Bonchev–Trinajstić information content (AvgIpc) is 2.68. The number of alkyl halides is 2. The predicted molar refractivity (Wildman–Crippen MR) is 107 cm³/mol. The summed E-state index contributed by atoms with van der Waals surface area (Å²) in [7, 11) is 6.61. The molecular formula is C20H25F3N4O2. The molecule has 29 heavy (non-hydrogen) atoms. The highest BCUT2D eigenvalue weighted by Crippen LogP contribution is 2.25. The summed E-state index contributed by atoms with van der Waals surface area (Å²) in [6, 6.07) is 9.54. The molecule has 2 rings (SSSR count). The van der Waals surface area contributed by atoms with E-state index in [-0.39, 0.29) is 18.1 Å². The van der Waals surface area contributed by atoms with Crippen LogP contribution in [0.5, 0.6) is 11.5 Å². The Balaban J connectivity index is 2.01. The molecule has 0 aromatic heterocycles. The van der Waals surface area contributed by atoms with Gasteiger partial charge in [-0.3, -0.25) is 4.99 Å². The Morgan fingerprint density at radius 2 is 1.83 bits per heavy atom. The first-order chi connectivity index (χ1) is 13.8. The maximum atomic E-state index is 14.1. The van der Waals surface area contributed by atoms with Crippen LogP contribution in [0.15, 0.2) is 41.4 Å². The Hall–Kier alpha value is -3.10. The number of nitrogens with one attached hydrogen (secondary N) is 2. The van der Waals surface area contributed by atoms with Gasteiger partial charge in [-0.25, -0.2) is 4.39 Å². The summed E-state index contributed by atoms with van der Waals surface area (Å²) in [6.45, 7) is -2.42. The van der Waals surface area contributed by atoms with Crippen molar-refractivity contribution in [1.82, 2.24) is 10.6 Å². The van der Waals surface area contributed by atoms with E-state index in [9.17, 15) is 13.2 Å². The normalized spacial score (nSPS) is 11.4. The monoisotopic (exact) mass is 410 g/mol. The van der Waals surface area contributed by atoms with Gasteiger partial charge in [-0.15, -0.1) is 0 Å². The molecule has 0 saturated carbocycles. The highest BCUT2D eigenvalue weighted by molar-refractivity contribution is 5.79. The third-order valence-electron chi connectivity index (χ3n) is 4.11. The lowest BCUT2D eigenvalue weighted by Crippen LogP contribution is -2.36. The van der Waals surface area contributed by atoms with Crippen LogP contribution in [0, 0.1) is 5.82 Å². The third-order valence-corrected chi connectivity index (χ3v) is 4.11. The number of nitrogens with zero attached hydrogens (tertiary/aromatic N) is 2. The summed E-state index contributed by atoms with van der Waals surface area (Å²) in [4.78, 5) is 5.79. The van der Waals surface area contributed by atoms with Gasteiger partial charge in [0.05, 0.1) is 12.8 Å². The van der Waals surface area contributed by atoms with Crippen molar-refractivity contribution in [2.45, 2.75) is 19.7 Å². The number of benzene rings is 2. The summed E-state index contributed by atoms with van der Waals surface area (Å²) in [6.07, 6.45) is 0. The molecule has 0 amide bonds. The summed E-state index contributed by atoms with van der Waals surface area (Å²) in [5.74, 6) is 0.670. The smallest absolute Gasteiger partial charge is 0.387 e. The molecule has 2 aromatic carbocycles. The van der Waals surface area contributed by atoms with Crippen LogP contribution >= 0.6 is 0 Å². The minimum absolute atomic E-state index is 0.0464. The largest absolute Gasteiger partial charge is 0.497 e. The third kappa shape index (κ3) is 6.48. The fourth-order valence-corrected chi connectivity index (χ4v) is 2.64. The van der Waals surface area contributed by atoms with Gasteiger partial charge in [0, 0.05) is 39.8 Å². The van der Waals surface area contributed by atoms with Crippen LogP contribution in [-0.4, -0.2) is 40.8 Å². The zero-order valence-electron chi connectivity index (χ0n) is 16.8. The second kappa shape index (κ2) is 10.4. The number of rotatable bonds is 8. The first kappa shape index (κ1) is 22.2. The molecule has 9 heteroatoms. The second-order valence-electron chi connectivity index (χ2n) is 6.31. The Morgan fingerprint density at radius 3 is 2.41 bits per heavy atom. The molecule has 0 aliphatic heterocycles. The molecule has 0 radical (unpaired) electrons. The van der Waals surface area contributed by atoms with Gasteiger partial charge >= 0.3 is 6.61 Å². The Labute approximate surface area is 168 Å². The van der Waals surface area contributed by atoms with Crippen molar-refractivity contribution in [3.8, 4) is 11.5 Å². The molecule has 0 aliphatic rings. The molecule has 0 aliphatic carbocycles. The number of guanidine groups is 1. The van der Waals surface area contributed by atoms with Crippen molar-refractivity contribution in [3.05, 3.63) is 53.3 Å². The van der Waals surface area contributed by atoms with Crippen LogP contribution in [0.1, 0.15) is 11.1 Å². The van der Waals surface area contributed by atoms with E-state index >= 15 is 0 Å². The molecule has 0 spiro atoms. The number of ether oxygens (including phenoxy) is 2. The van der Waals surface area contributed by atoms with Crippen LogP contribution in [-0.2, 0) is 13.1 Å². The Bertz CT molecular complexity index is 844. The van der Waals surface area contributed by atoms with E-state index in [0.717, 1.165) is 5.56 Å². The first-order valence-electron chi connectivity index (χ1n) is 8.86. The fraction of sp³-hybridized carbons (Fsp3) is 0.350. The van der Waals surface area contributed by atoms with Crippen LogP contribution in [0.2, 0.25) is 0 Å². The molecule has 0 saturated heterocycles. The lowest BCUT2D eigenvalue weighted by Gasteiger charge is -2.16. The average molecular weight is 410 g/mol. The summed E-state index contributed by atoms with van der Waals surface area (Å²) in [5.41, 5.74) is 1.72. The van der Waals surface area contributed by atoms with Crippen LogP contribution in [0.4, 0.5) is 18.9 Å². The molecule has 158 valence electrons. The van der Waals surface area contributed by atoms with Crippen molar-refractivity contribution < 1.29 is 22.6 Å². The van der Waals surface area contributed by atoms with Gasteiger partial charge < -0.3 is 25.0 Å². The maximum Gasteiger partial charge on any atom is 0.387 e. The number of aliphatic imine (C=N–C) groups is 1. The summed E-state index contributed by atoms with van der Waals surface area (Å²) in [5, 5.41) is 6.08. The standard InChI is InChI=1S/C20H25F3N4O2/c1-24-20(25-11-13-5-7-17(27(2)3)16(21)9-13)26-12-14-10-15(28-4)6-8-18(14)29-19(22)23/h5-10,19H,11-12H2,1-4H3,(H2,24,25,26). The first-order valence-corrected chi connectivity index (χ1v) is 8.86. The number of methoxy groups -OCH3 is 1. The van der Waals surface area contributed by atoms with Crippen LogP contribution in [0.25, 0.3) is 0 Å². The van der Waals surface area contributed by atoms with Gasteiger partial charge in [-0.1, -0.05) is 6.07 Å². The Kier molecular flexibility index (Phi) is 7.99. The molecule has 0 atom stereocenters. The van der Waals surface area contributed by atoms with Crippen LogP contribution in [0.3, 0.4) is 0 Å². The number of hydrogen-bond donors (Lipinski definition) is 2. The van der Waals surface area contributed by atoms with E-state index in [1.807, 2.05) is 6.07 Å². The highest BCUT2D eigenvalue weighted by atomic mass is 19.3. The number of anilines is 1. The minimum Gasteiger partial charge on any atom is -0.497 e. The Morgan fingerprint density at radius 1 is 1.10 bits per heavy atom. The van der Waals surface area contributed by atoms with Crippen LogP contribution < -0.4 is 25.0 Å². The van der Waals surface area contributed by atoms with E-state index in [1.54, 1.807) is 44.2 Å².